The number of hydrogen-bond donors (Lipinski definition) is 0. The first-order chi connectivity index (χ1) is 6.58. The van der Waals surface area contributed by atoms with Crippen molar-refractivity contribution in [2.75, 3.05) is 12.9 Å². The Bertz CT molecular complexity index is 238. The molecule has 1 rings (SSSR count). The molecule has 84 valence electrons. The predicted octanol–water partition coefficient (Wildman–Crippen LogP) is 2.32. The van der Waals surface area contributed by atoms with Crippen LogP contribution in [0, 0.1) is 5.92 Å². The van der Waals surface area contributed by atoms with Gasteiger partial charge in [-0.1, -0.05) is 38.5 Å². The fourth-order valence-corrected chi connectivity index (χ4v) is 2.42. The van der Waals surface area contributed by atoms with Gasteiger partial charge in [0.25, 0.3) is 10.1 Å². The van der Waals surface area contributed by atoms with Crippen molar-refractivity contribution in [3.8, 4) is 0 Å². The van der Waals surface area contributed by atoms with Gasteiger partial charge >= 0.3 is 0 Å². The molecule has 0 bridgehead atoms. The lowest BCUT2D eigenvalue weighted by Gasteiger charge is -2.12. The number of hydrogen-bond acceptors (Lipinski definition) is 3. The first kappa shape index (κ1) is 12.0. The minimum atomic E-state index is -3.23. The predicted molar refractivity (Wildman–Crippen MR) is 56.6 cm³/mol. The maximum absolute atomic E-state index is 10.7. The van der Waals surface area contributed by atoms with Gasteiger partial charge in [0.05, 0.1) is 12.9 Å². The van der Waals surface area contributed by atoms with Crippen LogP contribution in [0.5, 0.6) is 0 Å². The van der Waals surface area contributed by atoms with Crippen molar-refractivity contribution < 1.29 is 12.6 Å². The van der Waals surface area contributed by atoms with Crippen LogP contribution >= 0.6 is 0 Å². The van der Waals surface area contributed by atoms with Crippen LogP contribution in [-0.2, 0) is 14.3 Å². The quantitative estimate of drug-likeness (QED) is 0.539. The van der Waals surface area contributed by atoms with E-state index in [4.69, 9.17) is 4.18 Å². The summed E-state index contributed by atoms with van der Waals surface area (Å²) < 4.78 is 26.2. The van der Waals surface area contributed by atoms with Crippen molar-refractivity contribution in [1.82, 2.24) is 0 Å². The van der Waals surface area contributed by atoms with Gasteiger partial charge in [-0.2, -0.15) is 8.42 Å². The molecule has 14 heavy (non-hydrogen) atoms. The minimum Gasteiger partial charge on any atom is -0.270 e. The number of rotatable bonds is 4. The molecule has 0 unspecified atom stereocenters. The van der Waals surface area contributed by atoms with Crippen LogP contribution in [0.1, 0.15) is 44.9 Å². The van der Waals surface area contributed by atoms with Crippen molar-refractivity contribution in [1.29, 1.82) is 0 Å². The smallest absolute Gasteiger partial charge is 0.264 e. The maximum atomic E-state index is 10.7. The van der Waals surface area contributed by atoms with Crippen molar-refractivity contribution in [2.45, 2.75) is 44.9 Å². The van der Waals surface area contributed by atoms with E-state index in [2.05, 4.69) is 0 Å². The molecule has 0 heterocycles. The lowest BCUT2D eigenvalue weighted by molar-refractivity contribution is 0.273. The van der Waals surface area contributed by atoms with Crippen molar-refractivity contribution in [3.05, 3.63) is 0 Å². The zero-order chi connectivity index (χ0) is 10.4. The highest BCUT2D eigenvalue weighted by Gasteiger charge is 2.12. The Kier molecular flexibility index (Phi) is 4.89. The SMILES string of the molecule is CS(=O)(=O)OCCC1CCCCCC1. The molecular weight excluding hydrogens is 200 g/mol. The Morgan fingerprint density at radius 2 is 1.71 bits per heavy atom. The fraction of sp³-hybridized carbons (Fsp3) is 1.00. The molecule has 0 aromatic rings. The second-order valence-electron chi connectivity index (χ2n) is 4.17. The van der Waals surface area contributed by atoms with Gasteiger partial charge in [0.2, 0.25) is 0 Å². The summed E-state index contributed by atoms with van der Waals surface area (Å²) in [5.74, 6) is 0.680. The highest BCUT2D eigenvalue weighted by atomic mass is 32.2. The molecule has 0 saturated heterocycles. The summed E-state index contributed by atoms with van der Waals surface area (Å²) in [6.07, 6.45) is 9.76. The van der Waals surface area contributed by atoms with Crippen molar-refractivity contribution in [2.24, 2.45) is 5.92 Å². The molecule has 0 aliphatic heterocycles. The molecule has 3 nitrogen and oxygen atoms in total. The molecule has 0 spiro atoms. The van der Waals surface area contributed by atoms with Crippen LogP contribution < -0.4 is 0 Å². The van der Waals surface area contributed by atoms with E-state index in [9.17, 15) is 8.42 Å². The molecule has 1 fully saturated rings. The van der Waals surface area contributed by atoms with Crippen LogP contribution in [0.2, 0.25) is 0 Å². The standard InChI is InChI=1S/C10H20O3S/c1-14(11,12)13-9-8-10-6-4-2-3-5-7-10/h10H,2-9H2,1H3. The lowest BCUT2D eigenvalue weighted by atomic mass is 9.97. The summed E-state index contributed by atoms with van der Waals surface area (Å²) in [5, 5.41) is 0. The normalized spacial score (nSPS) is 20.6. The van der Waals surface area contributed by atoms with E-state index in [0.717, 1.165) is 12.7 Å². The van der Waals surface area contributed by atoms with Crippen LogP contribution in [0.3, 0.4) is 0 Å². The zero-order valence-corrected chi connectivity index (χ0v) is 9.68. The van der Waals surface area contributed by atoms with Gasteiger partial charge in [0.1, 0.15) is 0 Å². The van der Waals surface area contributed by atoms with Gasteiger partial charge in [-0.05, 0) is 12.3 Å². The maximum Gasteiger partial charge on any atom is 0.264 e. The lowest BCUT2D eigenvalue weighted by Crippen LogP contribution is -2.08. The van der Waals surface area contributed by atoms with Crippen LogP contribution in [-0.4, -0.2) is 21.3 Å². The van der Waals surface area contributed by atoms with Gasteiger partial charge < -0.3 is 0 Å². The highest BCUT2D eigenvalue weighted by molar-refractivity contribution is 7.85. The molecule has 0 atom stereocenters. The molecule has 0 aromatic carbocycles. The summed E-state index contributed by atoms with van der Waals surface area (Å²) >= 11 is 0. The van der Waals surface area contributed by atoms with Gasteiger partial charge in [-0.3, -0.25) is 4.18 Å². The Labute approximate surface area is 87.0 Å². The Morgan fingerprint density at radius 1 is 1.14 bits per heavy atom. The zero-order valence-electron chi connectivity index (χ0n) is 8.87. The highest BCUT2D eigenvalue weighted by Crippen LogP contribution is 2.25. The average Bonchev–Trinajstić information content (AvgIpc) is 2.30. The minimum absolute atomic E-state index is 0.365. The Balaban J connectivity index is 2.16. The molecule has 0 aromatic heterocycles. The molecule has 4 heteroatoms. The van der Waals surface area contributed by atoms with Gasteiger partial charge in [0.15, 0.2) is 0 Å². The second kappa shape index (κ2) is 5.71. The third kappa shape index (κ3) is 5.60. The van der Waals surface area contributed by atoms with E-state index >= 15 is 0 Å². The third-order valence-corrected chi connectivity index (χ3v) is 3.39. The second-order valence-corrected chi connectivity index (χ2v) is 5.82. The first-order valence-corrected chi connectivity index (χ1v) is 7.24. The monoisotopic (exact) mass is 220 g/mol. The topological polar surface area (TPSA) is 43.4 Å². The van der Waals surface area contributed by atoms with Crippen LogP contribution in [0.15, 0.2) is 0 Å². The summed E-state index contributed by atoms with van der Waals surface area (Å²) in [6, 6.07) is 0. The fourth-order valence-electron chi connectivity index (χ4n) is 2.02. The molecular formula is C10H20O3S. The Hall–Kier alpha value is -0.0900. The van der Waals surface area contributed by atoms with Gasteiger partial charge in [0, 0.05) is 0 Å². The van der Waals surface area contributed by atoms with Crippen molar-refractivity contribution in [3.63, 3.8) is 0 Å². The van der Waals surface area contributed by atoms with E-state index in [1.165, 1.54) is 38.5 Å². The largest absolute Gasteiger partial charge is 0.270 e. The van der Waals surface area contributed by atoms with Crippen LogP contribution in [0.25, 0.3) is 0 Å². The molecule has 1 aliphatic rings. The first-order valence-electron chi connectivity index (χ1n) is 5.42. The van der Waals surface area contributed by atoms with Gasteiger partial charge in [-0.15, -0.1) is 0 Å². The molecule has 0 N–H and O–H groups in total. The van der Waals surface area contributed by atoms with E-state index in [1.54, 1.807) is 0 Å². The van der Waals surface area contributed by atoms with E-state index in [-0.39, 0.29) is 0 Å². The van der Waals surface area contributed by atoms with Crippen molar-refractivity contribution >= 4 is 10.1 Å². The third-order valence-electron chi connectivity index (χ3n) is 2.80. The molecule has 1 saturated carbocycles. The Morgan fingerprint density at radius 3 is 2.21 bits per heavy atom. The average molecular weight is 220 g/mol. The molecule has 0 amide bonds. The summed E-state index contributed by atoms with van der Waals surface area (Å²) in [7, 11) is -3.23. The van der Waals surface area contributed by atoms with Gasteiger partial charge in [-0.25, -0.2) is 0 Å². The summed E-state index contributed by atoms with van der Waals surface area (Å²) in [5.41, 5.74) is 0. The molecule has 1 aliphatic carbocycles. The van der Waals surface area contributed by atoms with E-state index in [0.29, 0.717) is 12.5 Å². The summed E-state index contributed by atoms with van der Waals surface area (Å²) in [6.45, 7) is 0.365. The molecule has 0 radical (unpaired) electrons. The van der Waals surface area contributed by atoms with E-state index < -0.39 is 10.1 Å². The van der Waals surface area contributed by atoms with Crippen LogP contribution in [0.4, 0.5) is 0 Å². The van der Waals surface area contributed by atoms with E-state index in [1.807, 2.05) is 0 Å². The summed E-state index contributed by atoms with van der Waals surface area (Å²) in [4.78, 5) is 0.